The summed E-state index contributed by atoms with van der Waals surface area (Å²) in [4.78, 5) is 11.7. The van der Waals surface area contributed by atoms with Crippen LogP contribution in [0.2, 0.25) is 0 Å². The zero-order valence-electron chi connectivity index (χ0n) is 12.0. The summed E-state index contributed by atoms with van der Waals surface area (Å²) < 4.78 is 6.14. The van der Waals surface area contributed by atoms with Crippen molar-refractivity contribution in [1.29, 1.82) is 0 Å². The van der Waals surface area contributed by atoms with Crippen LogP contribution in [0.4, 0.5) is 0 Å². The third-order valence-electron chi connectivity index (χ3n) is 4.39. The summed E-state index contributed by atoms with van der Waals surface area (Å²) in [6.45, 7) is 0. The highest BCUT2D eigenvalue weighted by atomic mass is 16.4. The number of ketones is 1. The summed E-state index contributed by atoms with van der Waals surface area (Å²) in [5.74, 6) is 0.905. The standard InChI is InChI=1S/C20H10O3/c21-13-5-1-11-3-7-15-16-8-4-12-2-6-14(22)10-18(12)20(16)23-19(15)17(11)9-13/h1-10H/p+1. The average Bonchev–Trinajstić information content (AvgIpc) is 2.94. The fourth-order valence-electron chi connectivity index (χ4n) is 3.30. The molecule has 1 aliphatic carbocycles. The smallest absolute Gasteiger partial charge is 0.369 e. The van der Waals surface area contributed by atoms with E-state index in [4.69, 9.17) is 4.42 Å². The molecular formula is C20H11O3+. The normalized spacial score (nSPS) is 14.0. The van der Waals surface area contributed by atoms with Crippen LogP contribution in [-0.4, -0.2) is 10.9 Å². The first-order valence-electron chi connectivity index (χ1n) is 7.38. The van der Waals surface area contributed by atoms with Crippen molar-refractivity contribution in [2.45, 2.75) is 0 Å². The minimum absolute atomic E-state index is 0.0343. The van der Waals surface area contributed by atoms with Crippen LogP contribution in [-0.2, 0) is 4.79 Å². The van der Waals surface area contributed by atoms with Crippen LogP contribution >= 0.6 is 0 Å². The summed E-state index contributed by atoms with van der Waals surface area (Å²) in [5.41, 5.74) is 3.65. The van der Waals surface area contributed by atoms with E-state index in [2.05, 4.69) is 0 Å². The van der Waals surface area contributed by atoms with Crippen LogP contribution < -0.4 is 10.6 Å². The summed E-state index contributed by atoms with van der Waals surface area (Å²) in [7, 11) is 0. The molecular weight excluding hydrogens is 288 g/mol. The number of carbonyl (C=O) groups excluding carboxylic acids is 1. The van der Waals surface area contributed by atoms with Crippen molar-refractivity contribution in [3.05, 3.63) is 69.2 Å². The molecule has 2 aliphatic rings. The molecule has 1 aliphatic heterocycles. The number of allylic oxidation sites excluding steroid dienone is 1. The number of carbonyl (C=O) groups is 1. The second-order valence-electron chi connectivity index (χ2n) is 5.77. The molecule has 0 aromatic heterocycles. The molecule has 0 unspecified atom stereocenters. The van der Waals surface area contributed by atoms with Crippen LogP contribution in [0.15, 0.2) is 53.0 Å². The second kappa shape index (κ2) is 4.17. The van der Waals surface area contributed by atoms with Crippen molar-refractivity contribution in [3.8, 4) is 22.6 Å². The van der Waals surface area contributed by atoms with Crippen molar-refractivity contribution >= 4 is 28.7 Å². The maximum Gasteiger partial charge on any atom is 0.369 e. The first-order chi connectivity index (χ1) is 11.2. The van der Waals surface area contributed by atoms with E-state index in [0.29, 0.717) is 5.43 Å². The van der Waals surface area contributed by atoms with Gasteiger partial charge in [-0.25, -0.2) is 4.42 Å². The van der Waals surface area contributed by atoms with Gasteiger partial charge >= 0.3 is 11.2 Å². The van der Waals surface area contributed by atoms with Crippen LogP contribution in [0, 0.1) is 0 Å². The van der Waals surface area contributed by atoms with Gasteiger partial charge in [0.1, 0.15) is 5.75 Å². The Morgan fingerprint density at radius 2 is 1.74 bits per heavy atom. The molecule has 0 spiro atoms. The van der Waals surface area contributed by atoms with Gasteiger partial charge in [-0.1, -0.05) is 24.3 Å². The molecule has 0 saturated carbocycles. The molecule has 3 aromatic carbocycles. The molecule has 3 heteroatoms. The van der Waals surface area contributed by atoms with Crippen molar-refractivity contribution in [3.63, 3.8) is 0 Å². The zero-order valence-corrected chi connectivity index (χ0v) is 12.0. The molecule has 0 radical (unpaired) electrons. The van der Waals surface area contributed by atoms with Crippen molar-refractivity contribution in [1.82, 2.24) is 0 Å². The Kier molecular flexibility index (Phi) is 2.24. The van der Waals surface area contributed by atoms with Gasteiger partial charge in [-0.15, -0.1) is 0 Å². The van der Waals surface area contributed by atoms with E-state index in [1.54, 1.807) is 24.3 Å². The molecule has 1 heterocycles. The second-order valence-corrected chi connectivity index (χ2v) is 5.77. The third-order valence-corrected chi connectivity index (χ3v) is 4.39. The lowest BCUT2D eigenvalue weighted by atomic mass is 9.97. The summed E-state index contributed by atoms with van der Waals surface area (Å²) in [5, 5.41) is 12.5. The molecule has 108 valence electrons. The fraction of sp³-hybridized carbons (Fsp3) is 0. The van der Waals surface area contributed by atoms with E-state index >= 15 is 0 Å². The SMILES string of the molecule is O=C1C=Cc2ccc3c(c2=C1)=[O+]c1c-3ccc2ccc(O)cc12. The lowest BCUT2D eigenvalue weighted by Gasteiger charge is -1.99. The van der Waals surface area contributed by atoms with E-state index in [9.17, 15) is 9.90 Å². The Morgan fingerprint density at radius 1 is 0.913 bits per heavy atom. The molecule has 0 bridgehead atoms. The molecule has 0 fully saturated rings. The van der Waals surface area contributed by atoms with Gasteiger partial charge in [0, 0.05) is 6.08 Å². The quantitative estimate of drug-likeness (QED) is 0.508. The van der Waals surface area contributed by atoms with E-state index in [0.717, 1.165) is 38.4 Å². The number of fused-ring (bicyclic) bond motifs is 7. The monoisotopic (exact) mass is 299 g/mol. The number of phenols is 1. The van der Waals surface area contributed by atoms with Gasteiger partial charge in [-0.3, -0.25) is 4.79 Å². The van der Waals surface area contributed by atoms with Crippen LogP contribution in [0.1, 0.15) is 5.56 Å². The maximum absolute atomic E-state index is 11.7. The van der Waals surface area contributed by atoms with E-state index in [1.165, 1.54) is 0 Å². The minimum atomic E-state index is -0.0343. The molecule has 3 aromatic rings. The minimum Gasteiger partial charge on any atom is -0.508 e. The van der Waals surface area contributed by atoms with E-state index in [1.807, 2.05) is 36.4 Å². The van der Waals surface area contributed by atoms with E-state index in [-0.39, 0.29) is 11.5 Å². The van der Waals surface area contributed by atoms with Crippen LogP contribution in [0.25, 0.3) is 34.1 Å². The Bertz CT molecular complexity index is 1180. The van der Waals surface area contributed by atoms with Crippen LogP contribution in [0.5, 0.6) is 11.5 Å². The Labute approximate surface area is 131 Å². The van der Waals surface area contributed by atoms with Gasteiger partial charge < -0.3 is 5.11 Å². The highest BCUT2D eigenvalue weighted by Crippen LogP contribution is 2.41. The average molecular weight is 299 g/mol. The predicted molar refractivity (Wildman–Crippen MR) is 90.5 cm³/mol. The van der Waals surface area contributed by atoms with Gasteiger partial charge in [0.05, 0.1) is 21.7 Å². The van der Waals surface area contributed by atoms with Crippen LogP contribution in [0.3, 0.4) is 0 Å². The molecule has 0 saturated heterocycles. The maximum atomic E-state index is 11.7. The molecule has 23 heavy (non-hydrogen) atoms. The van der Waals surface area contributed by atoms with Crippen molar-refractivity contribution in [2.24, 2.45) is 0 Å². The Hall–Kier alpha value is -3.20. The Balaban J connectivity index is 1.94. The number of aromatic hydroxyl groups is 1. The van der Waals surface area contributed by atoms with Crippen molar-refractivity contribution < 1.29 is 9.90 Å². The molecule has 0 amide bonds. The number of benzene rings is 3. The fourth-order valence-corrected chi connectivity index (χ4v) is 3.30. The topological polar surface area (TPSA) is 48.6 Å². The van der Waals surface area contributed by atoms with Crippen molar-refractivity contribution in [2.75, 3.05) is 0 Å². The molecule has 1 N–H and O–H groups in total. The van der Waals surface area contributed by atoms with Gasteiger partial charge in [0.25, 0.3) is 0 Å². The summed E-state index contributed by atoms with van der Waals surface area (Å²) >= 11 is 0. The van der Waals surface area contributed by atoms with Gasteiger partial charge in [0.2, 0.25) is 0 Å². The van der Waals surface area contributed by atoms with Gasteiger partial charge in [0.15, 0.2) is 5.78 Å². The predicted octanol–water partition coefficient (Wildman–Crippen LogP) is 2.93. The first-order valence-corrected chi connectivity index (χ1v) is 7.38. The zero-order chi connectivity index (χ0) is 15.6. The first kappa shape index (κ1) is 12.4. The largest absolute Gasteiger partial charge is 0.508 e. The Morgan fingerprint density at radius 3 is 2.65 bits per heavy atom. The van der Waals surface area contributed by atoms with E-state index < -0.39 is 0 Å². The lowest BCUT2D eigenvalue weighted by molar-refractivity contribution is -0.109. The van der Waals surface area contributed by atoms with Gasteiger partial charge in [-0.2, -0.15) is 0 Å². The number of hydrogen-bond donors (Lipinski definition) is 1. The molecule has 0 atom stereocenters. The molecule has 5 rings (SSSR count). The number of rotatable bonds is 0. The summed E-state index contributed by atoms with van der Waals surface area (Å²) in [6.07, 6.45) is 4.98. The number of phenolic OH excluding ortho intramolecular Hbond substituents is 1. The third kappa shape index (κ3) is 1.64. The lowest BCUT2D eigenvalue weighted by Crippen LogP contribution is -2.30. The highest BCUT2D eigenvalue weighted by Gasteiger charge is 2.30. The van der Waals surface area contributed by atoms with Gasteiger partial charge in [-0.05, 0) is 41.3 Å². The number of hydrogen-bond acceptors (Lipinski definition) is 2. The summed E-state index contributed by atoms with van der Waals surface area (Å²) in [6, 6.07) is 13.3. The highest BCUT2D eigenvalue weighted by molar-refractivity contribution is 6.17. The molecule has 3 nitrogen and oxygen atoms in total.